The number of para-hydroxylation sites is 1. The molecule has 10 heteroatoms. The third-order valence-corrected chi connectivity index (χ3v) is 15.6. The zero-order valence-electron chi connectivity index (χ0n) is 29.6. The van der Waals surface area contributed by atoms with Crippen LogP contribution in [0.3, 0.4) is 0 Å². The Kier molecular flexibility index (Phi) is 9.34. The number of hydrogen-bond acceptors (Lipinski definition) is 6. The van der Waals surface area contributed by atoms with Crippen LogP contribution in [0.2, 0.25) is 18.6 Å². The van der Waals surface area contributed by atoms with Gasteiger partial charge in [0, 0.05) is 42.4 Å². The Morgan fingerprint density at radius 2 is 1.73 bits per heavy atom. The fraction of sp³-hybridized carbons (Fsp3) is 0.341. The lowest BCUT2D eigenvalue weighted by atomic mass is 9.82. The number of amides is 3. The molecule has 4 aromatic carbocycles. The number of fused-ring (bicyclic) bond motifs is 3. The van der Waals surface area contributed by atoms with E-state index in [1.54, 1.807) is 16.9 Å². The molecule has 1 fully saturated rings. The van der Waals surface area contributed by atoms with Crippen molar-refractivity contribution >= 4 is 48.0 Å². The van der Waals surface area contributed by atoms with Crippen molar-refractivity contribution in [1.82, 2.24) is 4.90 Å². The van der Waals surface area contributed by atoms with E-state index in [1.165, 1.54) is 0 Å². The van der Waals surface area contributed by atoms with Crippen LogP contribution in [0.5, 0.6) is 5.75 Å². The van der Waals surface area contributed by atoms with E-state index in [4.69, 9.17) is 9.47 Å². The Labute approximate surface area is 300 Å². The average Bonchev–Trinajstić information content (AvgIpc) is 3.59. The maximum atomic E-state index is 14.4. The van der Waals surface area contributed by atoms with Gasteiger partial charge in [-0.05, 0) is 59.5 Å². The molecule has 7 rings (SSSR count). The van der Waals surface area contributed by atoms with Gasteiger partial charge in [0.05, 0.1) is 40.0 Å². The molecule has 9 nitrogen and oxygen atoms in total. The van der Waals surface area contributed by atoms with Gasteiger partial charge in [0.25, 0.3) is 5.91 Å². The second-order valence-corrected chi connectivity index (χ2v) is 19.1. The second kappa shape index (κ2) is 13.7. The van der Waals surface area contributed by atoms with Gasteiger partial charge in [-0.1, -0.05) is 85.9 Å². The van der Waals surface area contributed by atoms with Crippen LogP contribution in [-0.4, -0.2) is 62.2 Å². The number of aryl methyl sites for hydroxylation is 1. The van der Waals surface area contributed by atoms with E-state index in [9.17, 15) is 19.5 Å². The molecule has 2 N–H and O–H groups in total. The summed E-state index contributed by atoms with van der Waals surface area (Å²) in [5.41, 5.74) is 3.39. The largest absolute Gasteiger partial charge is 0.497 e. The molecule has 0 bridgehead atoms. The van der Waals surface area contributed by atoms with Crippen LogP contribution in [-0.2, 0) is 37.7 Å². The number of carbonyl (C=O) groups is 3. The fourth-order valence-corrected chi connectivity index (χ4v) is 12.7. The van der Waals surface area contributed by atoms with Crippen LogP contribution < -0.4 is 20.1 Å². The summed E-state index contributed by atoms with van der Waals surface area (Å²) in [5.74, 6) is 0.0315. The van der Waals surface area contributed by atoms with E-state index in [-0.39, 0.29) is 48.8 Å². The van der Waals surface area contributed by atoms with Crippen molar-refractivity contribution < 1.29 is 29.0 Å². The zero-order valence-corrected chi connectivity index (χ0v) is 30.6. The highest BCUT2D eigenvalue weighted by atomic mass is 28.3. The highest BCUT2D eigenvalue weighted by molar-refractivity contribution is 6.91. The van der Waals surface area contributed by atoms with E-state index < -0.39 is 19.8 Å². The SMILES string of the molecule is COc1ccc([Si](C)(C)[C@H]2[C@H](CC(=O)N(CCO)Cc3ccccc3)O[C@@]3(C(=O)Nc4ccc(N5C(=O)CCc6ccccc65)cc43)[C@@H]2C)cc1. The van der Waals surface area contributed by atoms with Gasteiger partial charge in [0.2, 0.25) is 11.8 Å². The highest BCUT2D eigenvalue weighted by Crippen LogP contribution is 2.59. The number of nitrogens with one attached hydrogen (secondary N) is 1. The van der Waals surface area contributed by atoms with Crippen molar-refractivity contribution in [2.24, 2.45) is 5.92 Å². The fourth-order valence-electron chi connectivity index (χ4n) is 8.69. The highest BCUT2D eigenvalue weighted by Gasteiger charge is 2.65. The summed E-state index contributed by atoms with van der Waals surface area (Å²) < 4.78 is 12.6. The van der Waals surface area contributed by atoms with Gasteiger partial charge in [-0.25, -0.2) is 0 Å². The van der Waals surface area contributed by atoms with Crippen molar-refractivity contribution in [3.05, 3.63) is 114 Å². The van der Waals surface area contributed by atoms with Gasteiger partial charge < -0.3 is 24.8 Å². The molecule has 1 spiro atoms. The lowest BCUT2D eigenvalue weighted by Crippen LogP contribution is -2.52. The first-order valence-electron chi connectivity index (χ1n) is 17.7. The number of benzene rings is 4. The third-order valence-electron chi connectivity index (χ3n) is 11.2. The van der Waals surface area contributed by atoms with Crippen LogP contribution in [0.15, 0.2) is 97.1 Å². The Morgan fingerprint density at radius 3 is 2.45 bits per heavy atom. The van der Waals surface area contributed by atoms with Crippen molar-refractivity contribution in [3.8, 4) is 5.75 Å². The van der Waals surface area contributed by atoms with E-state index in [0.717, 1.165) is 27.8 Å². The first kappa shape index (κ1) is 34.7. The maximum Gasteiger partial charge on any atom is 0.261 e. The van der Waals surface area contributed by atoms with Gasteiger partial charge in [-0.15, -0.1) is 0 Å². The van der Waals surface area contributed by atoms with Crippen molar-refractivity contribution in [2.45, 2.75) is 63.1 Å². The molecule has 0 aliphatic carbocycles. The number of carbonyl (C=O) groups excluding carboxylic acids is 3. The Morgan fingerprint density at radius 1 is 1.00 bits per heavy atom. The number of ether oxygens (including phenoxy) is 2. The predicted octanol–water partition coefficient (Wildman–Crippen LogP) is 5.89. The van der Waals surface area contributed by atoms with Crippen LogP contribution in [0.4, 0.5) is 17.1 Å². The van der Waals surface area contributed by atoms with Gasteiger partial charge in [-0.2, -0.15) is 0 Å². The Balaban J connectivity index is 1.30. The minimum Gasteiger partial charge on any atom is -0.497 e. The summed E-state index contributed by atoms with van der Waals surface area (Å²) in [4.78, 5) is 45.5. The standard InChI is InChI=1S/C41H45N3O6Si/c1-27-39(51(3,4)32-18-16-31(49-2)17-19-32)36(25-38(47)43(22-23-45)26-28-10-6-5-7-11-28)50-41(27)33-24-30(15-20-34(33)42-40(41)48)44-35-13-9-8-12-29(35)14-21-37(44)46/h5-13,15-20,24,27,36,39,45H,14,21-23,25-26H2,1-4H3,(H,42,48)/t27-,36+,39-,41+/m1/s1. The number of aliphatic hydroxyl groups excluding tert-OH is 1. The predicted molar refractivity (Wildman–Crippen MR) is 200 cm³/mol. The summed E-state index contributed by atoms with van der Waals surface area (Å²) in [7, 11) is -0.854. The molecule has 51 heavy (non-hydrogen) atoms. The number of aliphatic hydroxyl groups is 1. The molecular weight excluding hydrogens is 659 g/mol. The van der Waals surface area contributed by atoms with E-state index >= 15 is 0 Å². The molecular formula is C41H45N3O6Si. The number of methoxy groups -OCH3 is 1. The Hall–Kier alpha value is -4.77. The monoisotopic (exact) mass is 703 g/mol. The molecule has 3 aliphatic heterocycles. The first-order valence-corrected chi connectivity index (χ1v) is 20.8. The van der Waals surface area contributed by atoms with Crippen LogP contribution in [0.1, 0.15) is 36.5 Å². The normalized spacial score (nSPS) is 22.5. The lowest BCUT2D eigenvalue weighted by molar-refractivity contribution is -0.148. The molecule has 264 valence electrons. The molecule has 3 aliphatic rings. The topological polar surface area (TPSA) is 108 Å². The second-order valence-electron chi connectivity index (χ2n) is 14.4. The lowest BCUT2D eigenvalue weighted by Gasteiger charge is -2.37. The molecule has 0 unspecified atom stereocenters. The van der Waals surface area contributed by atoms with Crippen LogP contribution in [0.25, 0.3) is 0 Å². The van der Waals surface area contributed by atoms with Crippen LogP contribution in [0, 0.1) is 5.92 Å². The molecule has 0 radical (unpaired) electrons. The molecule has 1 saturated heterocycles. The quantitative estimate of drug-likeness (QED) is 0.200. The van der Waals surface area contributed by atoms with E-state index in [0.29, 0.717) is 36.3 Å². The summed E-state index contributed by atoms with van der Waals surface area (Å²) in [6.07, 6.45) is 0.535. The van der Waals surface area contributed by atoms with Crippen molar-refractivity contribution in [3.63, 3.8) is 0 Å². The third kappa shape index (κ3) is 6.05. The number of anilines is 3. The van der Waals surface area contributed by atoms with Crippen molar-refractivity contribution in [1.29, 1.82) is 0 Å². The van der Waals surface area contributed by atoms with E-state index in [2.05, 4.69) is 37.5 Å². The zero-order chi connectivity index (χ0) is 35.9. The number of nitrogens with zero attached hydrogens (tertiary/aromatic N) is 2. The summed E-state index contributed by atoms with van der Waals surface area (Å²) in [5, 5.41) is 14.2. The minimum atomic E-state index is -2.50. The van der Waals surface area contributed by atoms with Crippen LogP contribution >= 0.6 is 0 Å². The average molecular weight is 704 g/mol. The van der Waals surface area contributed by atoms with Gasteiger partial charge in [-0.3, -0.25) is 19.3 Å². The molecule has 3 amide bonds. The molecule has 3 heterocycles. The first-order chi connectivity index (χ1) is 24.6. The van der Waals surface area contributed by atoms with Gasteiger partial charge in [0.15, 0.2) is 5.60 Å². The summed E-state index contributed by atoms with van der Waals surface area (Å²) in [6, 6.07) is 31.4. The van der Waals surface area contributed by atoms with Gasteiger partial charge >= 0.3 is 0 Å². The number of hydrogen-bond donors (Lipinski definition) is 2. The smallest absolute Gasteiger partial charge is 0.261 e. The molecule has 4 aromatic rings. The number of rotatable bonds is 10. The minimum absolute atomic E-state index is 0.00263. The summed E-state index contributed by atoms with van der Waals surface area (Å²) in [6.45, 7) is 7.00. The van der Waals surface area contributed by atoms with E-state index in [1.807, 2.05) is 84.9 Å². The molecule has 0 saturated carbocycles. The van der Waals surface area contributed by atoms with Crippen molar-refractivity contribution in [2.75, 3.05) is 30.5 Å². The molecule has 0 aromatic heterocycles. The summed E-state index contributed by atoms with van der Waals surface area (Å²) >= 11 is 0. The van der Waals surface area contributed by atoms with Gasteiger partial charge in [0.1, 0.15) is 5.75 Å². The maximum absolute atomic E-state index is 14.4. The molecule has 4 atom stereocenters. The Bertz CT molecular complexity index is 1950.